The number of hydrogen-bond acceptors (Lipinski definition) is 5. The van der Waals surface area contributed by atoms with E-state index in [2.05, 4.69) is 41.2 Å². The second-order valence-electron chi connectivity index (χ2n) is 6.56. The van der Waals surface area contributed by atoms with Gasteiger partial charge in [0.05, 0.1) is 11.7 Å². The highest BCUT2D eigenvalue weighted by atomic mass is 16.5. The fourth-order valence-corrected chi connectivity index (χ4v) is 3.14. The lowest BCUT2D eigenvalue weighted by Gasteiger charge is -2.21. The predicted molar refractivity (Wildman–Crippen MR) is 101 cm³/mol. The Morgan fingerprint density at radius 2 is 1.88 bits per heavy atom. The van der Waals surface area contributed by atoms with E-state index in [1.165, 1.54) is 5.39 Å². The van der Waals surface area contributed by atoms with Gasteiger partial charge in [-0.2, -0.15) is 0 Å². The predicted octanol–water partition coefficient (Wildman–Crippen LogP) is 4.98. The lowest BCUT2D eigenvalue weighted by Crippen LogP contribution is -2.22. The minimum absolute atomic E-state index is 0.130. The molecule has 0 N–H and O–H groups in total. The SMILES string of the molecule is Cc1oc(-c2cccc3ccccc23)nc1CN(C)[C@H](C)c1ccon1. The molecule has 0 unspecified atom stereocenters. The van der Waals surface area contributed by atoms with Crippen LogP contribution < -0.4 is 0 Å². The molecule has 0 spiro atoms. The molecule has 0 amide bonds. The summed E-state index contributed by atoms with van der Waals surface area (Å²) in [6.07, 6.45) is 1.60. The lowest BCUT2D eigenvalue weighted by atomic mass is 10.0. The Bertz CT molecular complexity index is 1020. The lowest BCUT2D eigenvalue weighted by molar-refractivity contribution is 0.237. The van der Waals surface area contributed by atoms with E-state index in [-0.39, 0.29) is 6.04 Å². The molecule has 0 aliphatic heterocycles. The molecule has 0 radical (unpaired) electrons. The largest absolute Gasteiger partial charge is 0.441 e. The van der Waals surface area contributed by atoms with Crippen molar-refractivity contribution >= 4 is 10.8 Å². The van der Waals surface area contributed by atoms with Crippen LogP contribution in [0.3, 0.4) is 0 Å². The normalized spacial score (nSPS) is 12.8. The molecule has 132 valence electrons. The zero-order valence-electron chi connectivity index (χ0n) is 15.1. The summed E-state index contributed by atoms with van der Waals surface area (Å²) in [5.74, 6) is 1.50. The van der Waals surface area contributed by atoms with Crippen molar-refractivity contribution in [1.29, 1.82) is 0 Å². The first-order valence-electron chi connectivity index (χ1n) is 8.68. The standard InChI is InChI=1S/C21H21N3O2/c1-14(19-11-12-25-23-19)24(3)13-20-15(2)26-21(22-20)18-10-6-8-16-7-4-5-9-17(16)18/h4-12,14H,13H2,1-3H3/t14-/m1/s1. The molecule has 2 heterocycles. The second kappa shape index (κ2) is 6.77. The first kappa shape index (κ1) is 16.5. The monoisotopic (exact) mass is 347 g/mol. The number of oxazole rings is 1. The van der Waals surface area contributed by atoms with Crippen LogP contribution in [-0.2, 0) is 6.54 Å². The zero-order chi connectivity index (χ0) is 18.1. The highest BCUT2D eigenvalue weighted by Crippen LogP contribution is 2.30. The fourth-order valence-electron chi connectivity index (χ4n) is 3.14. The minimum Gasteiger partial charge on any atom is -0.441 e. The first-order valence-corrected chi connectivity index (χ1v) is 8.68. The molecule has 1 atom stereocenters. The van der Waals surface area contributed by atoms with Gasteiger partial charge >= 0.3 is 0 Å². The van der Waals surface area contributed by atoms with Gasteiger partial charge in [-0.25, -0.2) is 4.98 Å². The molecule has 26 heavy (non-hydrogen) atoms. The second-order valence-corrected chi connectivity index (χ2v) is 6.56. The van der Waals surface area contributed by atoms with E-state index in [9.17, 15) is 0 Å². The third-order valence-electron chi connectivity index (χ3n) is 4.86. The third kappa shape index (κ3) is 3.02. The maximum absolute atomic E-state index is 6.01. The number of nitrogens with zero attached hydrogens (tertiary/aromatic N) is 3. The van der Waals surface area contributed by atoms with Gasteiger partial charge < -0.3 is 8.94 Å². The van der Waals surface area contributed by atoms with Crippen molar-refractivity contribution in [3.8, 4) is 11.5 Å². The van der Waals surface area contributed by atoms with Crippen molar-refractivity contribution in [3.63, 3.8) is 0 Å². The van der Waals surface area contributed by atoms with Gasteiger partial charge in [0.2, 0.25) is 5.89 Å². The smallest absolute Gasteiger partial charge is 0.227 e. The van der Waals surface area contributed by atoms with Crippen LogP contribution in [0.1, 0.15) is 30.1 Å². The zero-order valence-corrected chi connectivity index (χ0v) is 15.1. The van der Waals surface area contributed by atoms with Crippen molar-refractivity contribution in [2.45, 2.75) is 26.4 Å². The maximum atomic E-state index is 6.01. The van der Waals surface area contributed by atoms with Gasteiger partial charge in [-0.1, -0.05) is 41.6 Å². The van der Waals surface area contributed by atoms with Crippen LogP contribution in [-0.4, -0.2) is 22.1 Å². The van der Waals surface area contributed by atoms with E-state index < -0.39 is 0 Å². The fraction of sp³-hybridized carbons (Fsp3) is 0.238. The number of hydrogen-bond donors (Lipinski definition) is 0. The molecule has 0 saturated heterocycles. The van der Waals surface area contributed by atoms with E-state index in [1.54, 1.807) is 6.26 Å². The van der Waals surface area contributed by atoms with E-state index in [4.69, 9.17) is 13.9 Å². The van der Waals surface area contributed by atoms with Gasteiger partial charge in [-0.15, -0.1) is 0 Å². The van der Waals surface area contributed by atoms with Crippen LogP contribution in [0.5, 0.6) is 0 Å². The quantitative estimate of drug-likeness (QED) is 0.509. The molecule has 0 saturated carbocycles. The van der Waals surface area contributed by atoms with Crippen LogP contribution >= 0.6 is 0 Å². The molecule has 2 aromatic heterocycles. The molecule has 0 fully saturated rings. The molecule has 4 rings (SSSR count). The van der Waals surface area contributed by atoms with Gasteiger partial charge in [0.1, 0.15) is 17.7 Å². The Kier molecular flexibility index (Phi) is 4.31. The maximum Gasteiger partial charge on any atom is 0.227 e. The highest BCUT2D eigenvalue weighted by molar-refractivity contribution is 5.94. The van der Waals surface area contributed by atoms with Crippen LogP contribution in [0, 0.1) is 6.92 Å². The molecule has 4 aromatic rings. The molecule has 2 aromatic carbocycles. The molecule has 0 aliphatic carbocycles. The van der Waals surface area contributed by atoms with Gasteiger partial charge in [-0.3, -0.25) is 4.90 Å². The molecular formula is C21H21N3O2. The Morgan fingerprint density at radius 3 is 2.69 bits per heavy atom. The van der Waals surface area contributed by atoms with Gasteiger partial charge in [-0.05, 0) is 37.7 Å². The van der Waals surface area contributed by atoms with Crippen LogP contribution in [0.2, 0.25) is 0 Å². The summed E-state index contributed by atoms with van der Waals surface area (Å²) in [6.45, 7) is 4.73. The average molecular weight is 347 g/mol. The summed E-state index contributed by atoms with van der Waals surface area (Å²) in [6, 6.07) is 16.5. The van der Waals surface area contributed by atoms with Crippen molar-refractivity contribution < 1.29 is 8.94 Å². The number of aryl methyl sites for hydroxylation is 1. The molecular weight excluding hydrogens is 326 g/mol. The van der Waals surface area contributed by atoms with Crippen molar-refractivity contribution in [3.05, 3.63) is 71.9 Å². The van der Waals surface area contributed by atoms with Crippen molar-refractivity contribution in [2.24, 2.45) is 0 Å². The average Bonchev–Trinajstić information content (AvgIpc) is 3.31. The van der Waals surface area contributed by atoms with Gasteiger partial charge in [0.15, 0.2) is 0 Å². The molecule has 5 heteroatoms. The van der Waals surface area contributed by atoms with Crippen LogP contribution in [0.4, 0.5) is 0 Å². The van der Waals surface area contributed by atoms with Crippen LogP contribution in [0.15, 0.2) is 63.7 Å². The Hall–Kier alpha value is -2.92. The summed E-state index contributed by atoms with van der Waals surface area (Å²) >= 11 is 0. The van der Waals surface area contributed by atoms with E-state index >= 15 is 0 Å². The van der Waals surface area contributed by atoms with Crippen molar-refractivity contribution in [2.75, 3.05) is 7.05 Å². The molecule has 0 bridgehead atoms. The summed E-state index contributed by atoms with van der Waals surface area (Å²) in [5.41, 5.74) is 2.86. The van der Waals surface area contributed by atoms with E-state index in [0.29, 0.717) is 12.4 Å². The minimum atomic E-state index is 0.130. The number of rotatable bonds is 5. The van der Waals surface area contributed by atoms with Crippen LogP contribution in [0.25, 0.3) is 22.2 Å². The summed E-state index contributed by atoms with van der Waals surface area (Å²) < 4.78 is 11.0. The Balaban J connectivity index is 1.63. The molecule has 5 nitrogen and oxygen atoms in total. The van der Waals surface area contributed by atoms with Crippen molar-refractivity contribution in [1.82, 2.24) is 15.0 Å². The third-order valence-corrected chi connectivity index (χ3v) is 4.86. The van der Waals surface area contributed by atoms with E-state index in [1.807, 2.05) is 38.2 Å². The first-order chi connectivity index (χ1) is 12.6. The summed E-state index contributed by atoms with van der Waals surface area (Å²) in [5, 5.41) is 6.35. The number of fused-ring (bicyclic) bond motifs is 1. The Morgan fingerprint density at radius 1 is 1.08 bits per heavy atom. The van der Waals surface area contributed by atoms with Gasteiger partial charge in [0.25, 0.3) is 0 Å². The summed E-state index contributed by atoms with van der Waals surface area (Å²) in [7, 11) is 2.05. The Labute approximate surface area is 152 Å². The topological polar surface area (TPSA) is 55.3 Å². The molecule has 0 aliphatic rings. The summed E-state index contributed by atoms with van der Waals surface area (Å²) in [4.78, 5) is 6.96. The van der Waals surface area contributed by atoms with E-state index in [0.717, 1.165) is 28.1 Å². The number of aromatic nitrogens is 2. The van der Waals surface area contributed by atoms with Gasteiger partial charge in [0, 0.05) is 18.2 Å². The highest BCUT2D eigenvalue weighted by Gasteiger charge is 2.19. The number of benzene rings is 2.